The zero-order valence-corrected chi connectivity index (χ0v) is 11.1. The summed E-state index contributed by atoms with van der Waals surface area (Å²) >= 11 is 5.77. The minimum Gasteiger partial charge on any atom is -0.428 e. The van der Waals surface area contributed by atoms with Crippen molar-refractivity contribution in [3.8, 4) is 0 Å². The Bertz CT molecular complexity index is 469. The van der Waals surface area contributed by atoms with E-state index in [2.05, 4.69) is 9.97 Å². The van der Waals surface area contributed by atoms with Crippen molar-refractivity contribution in [2.24, 2.45) is 5.73 Å². The molecule has 0 bridgehead atoms. The summed E-state index contributed by atoms with van der Waals surface area (Å²) in [4.78, 5) is 19.0. The molecule has 1 rings (SSSR count). The Hall–Kier alpha value is -1.82. The lowest BCUT2D eigenvalue weighted by molar-refractivity contribution is 0.0112. The number of hydrogen-bond acceptors (Lipinski definition) is 6. The third-order valence-electron chi connectivity index (χ3n) is 1.60. The number of hydrogen-bond donors (Lipinski definition) is 1. The number of nitrogens with two attached hydrogens (primary N) is 1. The van der Waals surface area contributed by atoms with Crippen LogP contribution in [0.2, 0.25) is 5.15 Å². The van der Waals surface area contributed by atoms with E-state index >= 15 is 0 Å². The van der Waals surface area contributed by atoms with E-state index in [4.69, 9.17) is 26.8 Å². The highest BCUT2D eigenvalue weighted by atomic mass is 35.5. The molecule has 1 heterocycles. The van der Waals surface area contributed by atoms with Gasteiger partial charge >= 0.3 is 6.16 Å². The van der Waals surface area contributed by atoms with Crippen molar-refractivity contribution in [2.45, 2.75) is 26.4 Å². The molecule has 0 spiro atoms. The summed E-state index contributed by atoms with van der Waals surface area (Å²) in [6, 6.07) is 0. The maximum atomic E-state index is 11.3. The lowest BCUT2D eigenvalue weighted by atomic mass is 10.2. The van der Waals surface area contributed by atoms with Crippen LogP contribution in [0.5, 0.6) is 0 Å². The van der Waals surface area contributed by atoms with Gasteiger partial charge in [0.1, 0.15) is 17.6 Å². The molecule has 0 radical (unpaired) electrons. The summed E-state index contributed by atoms with van der Waals surface area (Å²) < 4.78 is 9.64. The van der Waals surface area contributed by atoms with Gasteiger partial charge in [0.15, 0.2) is 5.15 Å². The van der Waals surface area contributed by atoms with Crippen LogP contribution in [0.25, 0.3) is 5.70 Å². The van der Waals surface area contributed by atoms with E-state index in [1.165, 1.54) is 12.4 Å². The van der Waals surface area contributed by atoms with Crippen molar-refractivity contribution in [2.75, 3.05) is 0 Å². The van der Waals surface area contributed by atoms with E-state index < -0.39 is 11.8 Å². The predicted octanol–water partition coefficient (Wildman–Crippen LogP) is 2.34. The molecular formula is C11H14ClN3O3. The first kappa shape index (κ1) is 14.2. The molecule has 2 N–H and O–H groups in total. The normalized spacial score (nSPS) is 12.1. The van der Waals surface area contributed by atoms with Crippen LogP contribution in [-0.4, -0.2) is 21.7 Å². The van der Waals surface area contributed by atoms with Gasteiger partial charge in [-0.3, -0.25) is 0 Å². The molecule has 1 aromatic heterocycles. The molecule has 0 aromatic carbocycles. The van der Waals surface area contributed by atoms with Crippen molar-refractivity contribution in [1.29, 1.82) is 0 Å². The highest BCUT2D eigenvalue weighted by Gasteiger charge is 2.17. The molecule has 0 atom stereocenters. The molecule has 0 saturated carbocycles. The van der Waals surface area contributed by atoms with Crippen molar-refractivity contribution in [3.63, 3.8) is 0 Å². The summed E-state index contributed by atoms with van der Waals surface area (Å²) in [5.41, 5.74) is 5.34. The van der Waals surface area contributed by atoms with Crippen molar-refractivity contribution < 1.29 is 14.3 Å². The number of rotatable bonds is 2. The summed E-state index contributed by atoms with van der Waals surface area (Å²) in [6.07, 6.45) is 3.01. The van der Waals surface area contributed by atoms with Gasteiger partial charge in [0.25, 0.3) is 0 Å². The maximum absolute atomic E-state index is 11.3. The Balaban J connectivity index is 2.69. The fourth-order valence-corrected chi connectivity index (χ4v) is 1.17. The lowest BCUT2D eigenvalue weighted by Gasteiger charge is -2.17. The summed E-state index contributed by atoms with van der Waals surface area (Å²) in [7, 11) is 0. The Labute approximate surface area is 110 Å². The average Bonchev–Trinajstić information content (AvgIpc) is 2.24. The summed E-state index contributed by atoms with van der Waals surface area (Å²) in [5.74, 6) is 0. The summed E-state index contributed by atoms with van der Waals surface area (Å²) in [5, 5.41) is 0.124. The Morgan fingerprint density at radius 1 is 1.39 bits per heavy atom. The molecular weight excluding hydrogens is 258 g/mol. The van der Waals surface area contributed by atoms with Gasteiger partial charge < -0.3 is 15.2 Å². The first-order valence-corrected chi connectivity index (χ1v) is 5.49. The fourth-order valence-electron chi connectivity index (χ4n) is 0.956. The minimum atomic E-state index is -0.856. The van der Waals surface area contributed by atoms with Crippen LogP contribution in [-0.2, 0) is 9.47 Å². The van der Waals surface area contributed by atoms with Gasteiger partial charge in [-0.15, -0.1) is 0 Å². The molecule has 0 saturated heterocycles. The molecule has 18 heavy (non-hydrogen) atoms. The highest BCUT2D eigenvalue weighted by Crippen LogP contribution is 2.15. The van der Waals surface area contributed by atoms with Crippen LogP contribution in [0.3, 0.4) is 0 Å². The topological polar surface area (TPSA) is 87.3 Å². The van der Waals surface area contributed by atoms with E-state index in [0.717, 1.165) is 6.26 Å². The number of halogens is 1. The van der Waals surface area contributed by atoms with E-state index in [9.17, 15) is 4.79 Å². The third kappa shape index (κ3) is 4.58. The standard InChI is InChI=1S/C11H14ClN3O3/c1-11(2,3)18-10(16)17-6-7(13)8-9(12)15-5-4-14-8/h4-6H,13H2,1-3H3. The second-order valence-corrected chi connectivity index (χ2v) is 4.71. The quantitative estimate of drug-likeness (QED) is 0.656. The first-order chi connectivity index (χ1) is 8.29. The smallest absolute Gasteiger partial charge is 0.428 e. The number of carbonyl (C=O) groups is 1. The van der Waals surface area contributed by atoms with Crippen molar-refractivity contribution in [3.05, 3.63) is 29.5 Å². The van der Waals surface area contributed by atoms with E-state index in [1.807, 2.05) is 0 Å². The zero-order chi connectivity index (χ0) is 13.8. The molecule has 6 nitrogen and oxygen atoms in total. The SMILES string of the molecule is CC(C)(C)OC(=O)OC=C(N)c1nccnc1Cl. The molecule has 0 fully saturated rings. The number of carbonyl (C=O) groups excluding carboxylic acids is 1. The monoisotopic (exact) mass is 271 g/mol. The Kier molecular flexibility index (Phi) is 4.49. The van der Waals surface area contributed by atoms with Crippen LogP contribution in [0, 0.1) is 0 Å². The Morgan fingerprint density at radius 3 is 2.56 bits per heavy atom. The summed E-state index contributed by atoms with van der Waals surface area (Å²) in [6.45, 7) is 5.17. The molecule has 0 aliphatic rings. The third-order valence-corrected chi connectivity index (χ3v) is 1.88. The largest absolute Gasteiger partial charge is 0.513 e. The van der Waals surface area contributed by atoms with Crippen molar-refractivity contribution in [1.82, 2.24) is 9.97 Å². The average molecular weight is 272 g/mol. The molecule has 7 heteroatoms. The van der Waals surface area contributed by atoms with E-state index in [-0.39, 0.29) is 16.5 Å². The number of ether oxygens (including phenoxy) is 2. The molecule has 1 aromatic rings. The number of aromatic nitrogens is 2. The lowest BCUT2D eigenvalue weighted by Crippen LogP contribution is -2.23. The van der Waals surface area contributed by atoms with Gasteiger partial charge in [-0.25, -0.2) is 14.8 Å². The fraction of sp³-hybridized carbons (Fsp3) is 0.364. The first-order valence-electron chi connectivity index (χ1n) is 5.12. The predicted molar refractivity (Wildman–Crippen MR) is 66.5 cm³/mol. The van der Waals surface area contributed by atoms with Crippen LogP contribution in [0.15, 0.2) is 18.7 Å². The van der Waals surface area contributed by atoms with Crippen LogP contribution in [0.4, 0.5) is 4.79 Å². The van der Waals surface area contributed by atoms with Gasteiger partial charge in [-0.2, -0.15) is 0 Å². The number of nitrogens with zero attached hydrogens (tertiary/aromatic N) is 2. The maximum Gasteiger partial charge on any atom is 0.513 e. The highest BCUT2D eigenvalue weighted by molar-refractivity contribution is 6.30. The van der Waals surface area contributed by atoms with Crippen LogP contribution >= 0.6 is 11.6 Å². The van der Waals surface area contributed by atoms with Crippen LogP contribution in [0.1, 0.15) is 26.5 Å². The Morgan fingerprint density at radius 2 is 2.00 bits per heavy atom. The minimum absolute atomic E-state index is 0.0824. The molecule has 0 amide bonds. The van der Waals surface area contributed by atoms with Gasteiger partial charge in [-0.05, 0) is 20.8 Å². The zero-order valence-electron chi connectivity index (χ0n) is 10.3. The molecule has 0 aliphatic carbocycles. The van der Waals surface area contributed by atoms with Gasteiger partial charge in [0, 0.05) is 12.4 Å². The van der Waals surface area contributed by atoms with Gasteiger partial charge in [0.05, 0.1) is 5.70 Å². The van der Waals surface area contributed by atoms with E-state index in [0.29, 0.717) is 0 Å². The second kappa shape index (κ2) is 5.68. The molecule has 98 valence electrons. The van der Waals surface area contributed by atoms with Gasteiger partial charge in [-0.1, -0.05) is 11.6 Å². The second-order valence-electron chi connectivity index (χ2n) is 4.35. The molecule has 0 unspecified atom stereocenters. The van der Waals surface area contributed by atoms with E-state index in [1.54, 1.807) is 20.8 Å². The van der Waals surface area contributed by atoms with Gasteiger partial charge in [0.2, 0.25) is 0 Å². The molecule has 0 aliphatic heterocycles. The van der Waals surface area contributed by atoms with Crippen molar-refractivity contribution >= 4 is 23.5 Å². The van der Waals surface area contributed by atoms with Crippen LogP contribution < -0.4 is 5.73 Å².